The van der Waals surface area contributed by atoms with E-state index in [1.54, 1.807) is 6.92 Å². The third kappa shape index (κ3) is 4.80. The van der Waals surface area contributed by atoms with Gasteiger partial charge >= 0.3 is 0 Å². The Morgan fingerprint density at radius 1 is 1.23 bits per heavy atom. The number of nitrogens with zero attached hydrogens (tertiary/aromatic N) is 3. The van der Waals surface area contributed by atoms with E-state index in [1.165, 1.54) is 0 Å². The number of nitrogens with one attached hydrogen (secondary N) is 2. The highest BCUT2D eigenvalue weighted by Crippen LogP contribution is 2.17. The molecule has 2 amide bonds. The molecule has 1 atom stereocenters. The Kier molecular flexibility index (Phi) is 5.68. The molecular formula is C19H29N5O2. The minimum atomic E-state index is -0.571. The van der Waals surface area contributed by atoms with Gasteiger partial charge in [-0.15, -0.1) is 0 Å². The van der Waals surface area contributed by atoms with Crippen molar-refractivity contribution in [1.82, 2.24) is 25.2 Å². The molecule has 2 heterocycles. The fourth-order valence-electron chi connectivity index (χ4n) is 2.90. The van der Waals surface area contributed by atoms with Crippen molar-refractivity contribution in [3.05, 3.63) is 28.7 Å². The number of aromatic nitrogens is 3. The van der Waals surface area contributed by atoms with Gasteiger partial charge in [-0.1, -0.05) is 0 Å². The largest absolute Gasteiger partial charge is 0.350 e. The number of carbonyl (C=O) groups excluding carboxylic acids is 2. The van der Waals surface area contributed by atoms with Crippen LogP contribution in [0.1, 0.15) is 56.8 Å². The van der Waals surface area contributed by atoms with Gasteiger partial charge in [0.1, 0.15) is 6.04 Å². The van der Waals surface area contributed by atoms with Crippen molar-refractivity contribution >= 4 is 17.5 Å². The maximum atomic E-state index is 12.3. The Balaban J connectivity index is 2.01. The van der Waals surface area contributed by atoms with Gasteiger partial charge in [-0.2, -0.15) is 5.10 Å². The minimum Gasteiger partial charge on any atom is -0.350 e. The molecule has 0 spiro atoms. The summed E-state index contributed by atoms with van der Waals surface area (Å²) in [5.41, 5.74) is 4.32. The van der Waals surface area contributed by atoms with Gasteiger partial charge in [0.15, 0.2) is 5.65 Å². The van der Waals surface area contributed by atoms with Gasteiger partial charge < -0.3 is 10.6 Å². The predicted molar refractivity (Wildman–Crippen MR) is 101 cm³/mol. The van der Waals surface area contributed by atoms with Crippen LogP contribution in [-0.2, 0) is 16.0 Å². The van der Waals surface area contributed by atoms with Crippen molar-refractivity contribution in [3.63, 3.8) is 0 Å². The lowest BCUT2D eigenvalue weighted by molar-refractivity contribution is -0.129. The molecule has 0 saturated heterocycles. The molecule has 142 valence electrons. The number of amides is 2. The van der Waals surface area contributed by atoms with Crippen LogP contribution in [0.3, 0.4) is 0 Å². The molecule has 0 aliphatic carbocycles. The lowest BCUT2D eigenvalue weighted by atomic mass is 10.1. The first kappa shape index (κ1) is 19.9. The van der Waals surface area contributed by atoms with E-state index in [0.717, 1.165) is 28.3 Å². The summed E-state index contributed by atoms with van der Waals surface area (Å²) < 4.78 is 1.81. The van der Waals surface area contributed by atoms with Crippen molar-refractivity contribution in [2.45, 2.75) is 72.9 Å². The van der Waals surface area contributed by atoms with E-state index < -0.39 is 6.04 Å². The molecule has 2 N–H and O–H groups in total. The average molecular weight is 359 g/mol. The summed E-state index contributed by atoms with van der Waals surface area (Å²) in [7, 11) is 0. The van der Waals surface area contributed by atoms with Crippen LogP contribution in [0.25, 0.3) is 5.65 Å². The van der Waals surface area contributed by atoms with Crippen LogP contribution in [-0.4, -0.2) is 38.0 Å². The zero-order valence-corrected chi connectivity index (χ0v) is 16.7. The summed E-state index contributed by atoms with van der Waals surface area (Å²) in [6.07, 6.45) is 0.848. The molecule has 2 aromatic rings. The molecule has 0 aliphatic heterocycles. The summed E-state index contributed by atoms with van der Waals surface area (Å²) in [6.45, 7) is 13.3. The number of aryl methyl sites for hydroxylation is 3. The molecule has 7 heteroatoms. The standard InChI is InChI=1S/C19H29N5O2/c1-11-10-16-20-12(2)15(14(4)24(16)23-11)8-9-17(25)21-13(3)18(26)22-19(5,6)7/h10,13H,8-9H2,1-7H3,(H,21,25)(H,22,26). The molecule has 0 saturated carbocycles. The van der Waals surface area contributed by atoms with Crippen molar-refractivity contribution in [2.24, 2.45) is 0 Å². The highest BCUT2D eigenvalue weighted by molar-refractivity contribution is 5.87. The molecule has 26 heavy (non-hydrogen) atoms. The topological polar surface area (TPSA) is 88.4 Å². The molecule has 7 nitrogen and oxygen atoms in total. The summed E-state index contributed by atoms with van der Waals surface area (Å²) >= 11 is 0. The molecule has 0 fully saturated rings. The first-order chi connectivity index (χ1) is 12.0. The maximum Gasteiger partial charge on any atom is 0.242 e. The molecule has 1 unspecified atom stereocenters. The maximum absolute atomic E-state index is 12.3. The molecule has 0 radical (unpaired) electrons. The minimum absolute atomic E-state index is 0.155. The summed E-state index contributed by atoms with van der Waals surface area (Å²) in [5.74, 6) is -0.342. The number of hydrogen-bond acceptors (Lipinski definition) is 4. The van der Waals surface area contributed by atoms with Crippen molar-refractivity contribution < 1.29 is 9.59 Å². The van der Waals surface area contributed by atoms with E-state index >= 15 is 0 Å². The molecule has 2 aromatic heterocycles. The van der Waals surface area contributed by atoms with Gasteiger partial charge in [0, 0.05) is 29.4 Å². The van der Waals surface area contributed by atoms with Gasteiger partial charge in [0.2, 0.25) is 11.8 Å². The molecule has 0 bridgehead atoms. The van der Waals surface area contributed by atoms with Crippen LogP contribution in [0.2, 0.25) is 0 Å². The molecular weight excluding hydrogens is 330 g/mol. The van der Waals surface area contributed by atoms with E-state index in [1.807, 2.05) is 52.1 Å². The Morgan fingerprint density at radius 2 is 1.88 bits per heavy atom. The lowest BCUT2D eigenvalue weighted by Gasteiger charge is -2.23. The van der Waals surface area contributed by atoms with E-state index in [0.29, 0.717) is 12.8 Å². The Hall–Kier alpha value is -2.44. The van der Waals surface area contributed by atoms with Gasteiger partial charge in [-0.05, 0) is 60.5 Å². The third-order valence-electron chi connectivity index (χ3n) is 4.16. The third-order valence-corrected chi connectivity index (χ3v) is 4.16. The highest BCUT2D eigenvalue weighted by atomic mass is 16.2. The summed E-state index contributed by atoms with van der Waals surface area (Å²) in [5, 5.41) is 10.1. The zero-order chi connectivity index (χ0) is 19.6. The van der Waals surface area contributed by atoms with E-state index in [9.17, 15) is 9.59 Å². The number of rotatable bonds is 5. The first-order valence-electron chi connectivity index (χ1n) is 8.92. The second-order valence-electron chi connectivity index (χ2n) is 7.85. The van der Waals surface area contributed by atoms with E-state index in [2.05, 4.69) is 20.7 Å². The van der Waals surface area contributed by atoms with Gasteiger partial charge in [-0.25, -0.2) is 9.50 Å². The van der Waals surface area contributed by atoms with Crippen molar-refractivity contribution in [2.75, 3.05) is 0 Å². The molecule has 2 rings (SSSR count). The summed E-state index contributed by atoms with van der Waals surface area (Å²) in [6, 6.07) is 1.37. The van der Waals surface area contributed by atoms with Crippen molar-refractivity contribution in [1.29, 1.82) is 0 Å². The smallest absolute Gasteiger partial charge is 0.242 e. The fourth-order valence-corrected chi connectivity index (χ4v) is 2.90. The van der Waals surface area contributed by atoms with Crippen LogP contribution in [0.15, 0.2) is 6.07 Å². The predicted octanol–water partition coefficient (Wildman–Crippen LogP) is 2.01. The van der Waals surface area contributed by atoms with E-state index in [4.69, 9.17) is 0 Å². The molecule has 0 aliphatic rings. The van der Waals surface area contributed by atoms with Gasteiger partial charge in [-0.3, -0.25) is 9.59 Å². The van der Waals surface area contributed by atoms with Crippen LogP contribution in [0.4, 0.5) is 0 Å². The van der Waals surface area contributed by atoms with Crippen LogP contribution in [0, 0.1) is 20.8 Å². The first-order valence-corrected chi connectivity index (χ1v) is 8.92. The SMILES string of the molecule is Cc1cc2nc(C)c(CCC(=O)NC(C)C(=O)NC(C)(C)C)c(C)n2n1. The number of carbonyl (C=O) groups is 2. The second kappa shape index (κ2) is 7.43. The lowest BCUT2D eigenvalue weighted by Crippen LogP contribution is -2.50. The van der Waals surface area contributed by atoms with Crippen LogP contribution >= 0.6 is 0 Å². The van der Waals surface area contributed by atoms with E-state index in [-0.39, 0.29) is 17.4 Å². The normalized spacial score (nSPS) is 12.9. The van der Waals surface area contributed by atoms with Crippen LogP contribution in [0.5, 0.6) is 0 Å². The van der Waals surface area contributed by atoms with Crippen molar-refractivity contribution in [3.8, 4) is 0 Å². The monoisotopic (exact) mass is 359 g/mol. The quantitative estimate of drug-likeness (QED) is 0.855. The molecule has 0 aromatic carbocycles. The summed E-state index contributed by atoms with van der Waals surface area (Å²) in [4.78, 5) is 28.9. The van der Waals surface area contributed by atoms with Gasteiger partial charge in [0.05, 0.1) is 5.69 Å². The Labute approximate surface area is 154 Å². The average Bonchev–Trinajstić information content (AvgIpc) is 2.85. The second-order valence-corrected chi connectivity index (χ2v) is 7.85. The Morgan fingerprint density at radius 3 is 2.50 bits per heavy atom. The number of fused-ring (bicyclic) bond motifs is 1. The number of hydrogen-bond donors (Lipinski definition) is 2. The fraction of sp³-hybridized carbons (Fsp3) is 0.579. The highest BCUT2D eigenvalue weighted by Gasteiger charge is 2.21. The van der Waals surface area contributed by atoms with Gasteiger partial charge in [0.25, 0.3) is 0 Å². The van der Waals surface area contributed by atoms with Crippen LogP contribution < -0.4 is 10.6 Å². The zero-order valence-electron chi connectivity index (χ0n) is 16.7. The Bertz CT molecular complexity index is 833.